The van der Waals surface area contributed by atoms with Crippen molar-refractivity contribution in [2.24, 2.45) is 0 Å². The van der Waals surface area contributed by atoms with Gasteiger partial charge in [-0.05, 0) is 31.6 Å². The molecule has 2 nitrogen and oxygen atoms in total. The zero-order valence-electron chi connectivity index (χ0n) is 7.82. The Balaban J connectivity index is 2.73. The Morgan fingerprint density at radius 1 is 1.69 bits per heavy atom. The molecule has 0 fully saturated rings. The van der Waals surface area contributed by atoms with E-state index in [1.165, 1.54) is 0 Å². The van der Waals surface area contributed by atoms with Gasteiger partial charge in [0.25, 0.3) is 0 Å². The molecule has 1 aromatic rings. The topological polar surface area (TPSA) is 27.0 Å². The summed E-state index contributed by atoms with van der Waals surface area (Å²) in [5, 5.41) is 10.8. The van der Waals surface area contributed by atoms with Crippen molar-refractivity contribution < 1.29 is 0 Å². The zero-order chi connectivity index (χ0) is 9.68. The number of thiophene rings is 1. The molecule has 0 bridgehead atoms. The predicted octanol–water partition coefficient (Wildman–Crippen LogP) is 2.22. The molecule has 0 unspecified atom stereocenters. The Hall–Kier alpha value is -1.11. The van der Waals surface area contributed by atoms with Gasteiger partial charge in [-0.2, -0.15) is 5.26 Å². The minimum absolute atomic E-state index is 0.703. The summed E-state index contributed by atoms with van der Waals surface area (Å²) < 4.78 is 0. The average molecular weight is 192 g/mol. The van der Waals surface area contributed by atoms with Crippen LogP contribution in [-0.4, -0.2) is 25.5 Å². The van der Waals surface area contributed by atoms with Gasteiger partial charge in [-0.25, -0.2) is 0 Å². The molecule has 0 N–H and O–H groups in total. The lowest BCUT2D eigenvalue weighted by atomic mass is 10.2. The molecule has 1 heterocycles. The Bertz CT molecular complexity index is 317. The van der Waals surface area contributed by atoms with Crippen LogP contribution in [0.4, 0.5) is 0 Å². The van der Waals surface area contributed by atoms with Crippen LogP contribution < -0.4 is 0 Å². The van der Waals surface area contributed by atoms with Gasteiger partial charge < -0.3 is 4.90 Å². The molecule has 13 heavy (non-hydrogen) atoms. The third-order valence-corrected chi connectivity index (χ3v) is 2.31. The van der Waals surface area contributed by atoms with Crippen molar-refractivity contribution in [1.29, 1.82) is 5.26 Å². The van der Waals surface area contributed by atoms with E-state index in [2.05, 4.69) is 6.07 Å². The second kappa shape index (κ2) is 4.80. The van der Waals surface area contributed by atoms with Crippen molar-refractivity contribution >= 4 is 17.4 Å². The van der Waals surface area contributed by atoms with Gasteiger partial charge in [0.1, 0.15) is 0 Å². The highest BCUT2D eigenvalue weighted by atomic mass is 32.1. The predicted molar refractivity (Wildman–Crippen MR) is 56.5 cm³/mol. The first kappa shape index (κ1) is 9.97. The van der Waals surface area contributed by atoms with Gasteiger partial charge in [0.15, 0.2) is 0 Å². The Morgan fingerprint density at radius 3 is 2.92 bits per heavy atom. The van der Waals surface area contributed by atoms with E-state index in [-0.39, 0.29) is 0 Å². The van der Waals surface area contributed by atoms with Crippen LogP contribution in [0.1, 0.15) is 4.88 Å². The second-order valence-electron chi connectivity index (χ2n) is 3.03. The van der Waals surface area contributed by atoms with Gasteiger partial charge in [0.05, 0.1) is 6.07 Å². The Kier molecular flexibility index (Phi) is 3.69. The highest BCUT2D eigenvalue weighted by Crippen LogP contribution is 2.13. The Labute approximate surface area is 82.7 Å². The standard InChI is InChI=1S/C10H12N2S/c1-12(2)8-9(7-11)6-10-4-3-5-13-10/h3-6H,8H2,1-2H3/b9-6+. The summed E-state index contributed by atoms with van der Waals surface area (Å²) in [5.74, 6) is 0. The van der Waals surface area contributed by atoms with Crippen molar-refractivity contribution in [2.45, 2.75) is 0 Å². The third kappa shape index (κ3) is 3.41. The minimum atomic E-state index is 0.703. The van der Waals surface area contributed by atoms with Crippen molar-refractivity contribution in [2.75, 3.05) is 20.6 Å². The number of rotatable bonds is 3. The van der Waals surface area contributed by atoms with Crippen LogP contribution in [0.2, 0.25) is 0 Å². The normalized spacial score (nSPS) is 11.7. The number of hydrogen-bond acceptors (Lipinski definition) is 3. The molecule has 1 rings (SSSR count). The molecule has 0 amide bonds. The molecule has 0 atom stereocenters. The van der Waals surface area contributed by atoms with Crippen LogP contribution in [-0.2, 0) is 0 Å². The van der Waals surface area contributed by atoms with Crippen LogP contribution in [0, 0.1) is 11.3 Å². The molecule has 1 aromatic heterocycles. The summed E-state index contributed by atoms with van der Waals surface area (Å²) >= 11 is 1.65. The van der Waals surface area contributed by atoms with Crippen LogP contribution in [0.5, 0.6) is 0 Å². The zero-order valence-corrected chi connectivity index (χ0v) is 8.64. The van der Waals surface area contributed by atoms with Crippen molar-refractivity contribution in [3.8, 4) is 6.07 Å². The molecule has 0 saturated heterocycles. The van der Waals surface area contributed by atoms with E-state index in [0.29, 0.717) is 6.54 Å². The van der Waals surface area contributed by atoms with E-state index in [4.69, 9.17) is 5.26 Å². The van der Waals surface area contributed by atoms with E-state index in [1.54, 1.807) is 11.3 Å². The van der Waals surface area contributed by atoms with Gasteiger partial charge in [0, 0.05) is 17.0 Å². The fraction of sp³-hybridized carbons (Fsp3) is 0.300. The largest absolute Gasteiger partial charge is 0.304 e. The number of nitriles is 1. The summed E-state index contributed by atoms with van der Waals surface area (Å²) in [6.07, 6.45) is 1.94. The molecule has 0 aliphatic rings. The van der Waals surface area contributed by atoms with E-state index in [1.807, 2.05) is 42.6 Å². The lowest BCUT2D eigenvalue weighted by Crippen LogP contribution is -2.14. The molecular formula is C10H12N2S. The van der Waals surface area contributed by atoms with Gasteiger partial charge >= 0.3 is 0 Å². The number of hydrogen-bond donors (Lipinski definition) is 0. The summed E-state index contributed by atoms with van der Waals surface area (Å²) in [6, 6.07) is 6.20. The summed E-state index contributed by atoms with van der Waals surface area (Å²) in [6.45, 7) is 0.703. The average Bonchev–Trinajstić information content (AvgIpc) is 2.55. The quantitative estimate of drug-likeness (QED) is 0.687. The first-order chi connectivity index (χ1) is 6.22. The van der Waals surface area contributed by atoms with Crippen LogP contribution in [0.25, 0.3) is 6.08 Å². The van der Waals surface area contributed by atoms with Crippen LogP contribution in [0.3, 0.4) is 0 Å². The SMILES string of the molecule is CN(C)C/C(C#N)=C/c1cccs1. The van der Waals surface area contributed by atoms with Crippen LogP contribution >= 0.6 is 11.3 Å². The monoisotopic (exact) mass is 192 g/mol. The van der Waals surface area contributed by atoms with Crippen molar-refractivity contribution in [1.82, 2.24) is 4.90 Å². The van der Waals surface area contributed by atoms with E-state index < -0.39 is 0 Å². The van der Waals surface area contributed by atoms with E-state index in [0.717, 1.165) is 10.5 Å². The summed E-state index contributed by atoms with van der Waals surface area (Å²) in [4.78, 5) is 3.13. The maximum Gasteiger partial charge on any atom is 0.0961 e. The second-order valence-corrected chi connectivity index (χ2v) is 4.01. The maximum absolute atomic E-state index is 8.83. The first-order valence-electron chi connectivity index (χ1n) is 4.01. The Morgan fingerprint density at radius 2 is 2.46 bits per heavy atom. The molecule has 3 heteroatoms. The lowest BCUT2D eigenvalue weighted by Gasteiger charge is -2.06. The number of likely N-dealkylation sites (N-methyl/N-ethyl adjacent to an activating group) is 1. The van der Waals surface area contributed by atoms with Crippen molar-refractivity contribution in [3.05, 3.63) is 28.0 Å². The van der Waals surface area contributed by atoms with E-state index >= 15 is 0 Å². The first-order valence-corrected chi connectivity index (χ1v) is 4.89. The summed E-state index contributed by atoms with van der Waals surface area (Å²) in [7, 11) is 3.92. The molecule has 68 valence electrons. The highest BCUT2D eigenvalue weighted by molar-refractivity contribution is 7.10. The molecule has 0 aromatic carbocycles. The number of nitrogens with zero attached hydrogens (tertiary/aromatic N) is 2. The van der Waals surface area contributed by atoms with Gasteiger partial charge in [-0.3, -0.25) is 0 Å². The molecule has 0 aliphatic heterocycles. The molecule has 0 saturated carbocycles. The van der Waals surface area contributed by atoms with Gasteiger partial charge in [-0.15, -0.1) is 11.3 Å². The molecular weight excluding hydrogens is 180 g/mol. The molecule has 0 spiro atoms. The highest BCUT2D eigenvalue weighted by Gasteiger charge is 1.98. The third-order valence-electron chi connectivity index (χ3n) is 1.49. The van der Waals surface area contributed by atoms with Crippen LogP contribution in [0.15, 0.2) is 23.1 Å². The fourth-order valence-corrected chi connectivity index (χ4v) is 1.68. The van der Waals surface area contributed by atoms with Crippen molar-refractivity contribution in [3.63, 3.8) is 0 Å². The molecule has 0 aliphatic carbocycles. The summed E-state index contributed by atoms with van der Waals surface area (Å²) in [5.41, 5.74) is 0.799. The van der Waals surface area contributed by atoms with E-state index in [9.17, 15) is 0 Å². The minimum Gasteiger partial charge on any atom is -0.304 e. The molecule has 0 radical (unpaired) electrons. The van der Waals surface area contributed by atoms with Gasteiger partial charge in [0.2, 0.25) is 0 Å². The smallest absolute Gasteiger partial charge is 0.0961 e. The lowest BCUT2D eigenvalue weighted by molar-refractivity contribution is 0.451. The fourth-order valence-electron chi connectivity index (χ4n) is 0.999. The van der Waals surface area contributed by atoms with Gasteiger partial charge in [-0.1, -0.05) is 6.07 Å². The maximum atomic E-state index is 8.83.